The number of thioether (sulfide) groups is 2. The van der Waals surface area contributed by atoms with Crippen molar-refractivity contribution in [3.63, 3.8) is 0 Å². The molecule has 0 aliphatic rings. The smallest absolute Gasteiger partial charge is 0.374 e. The van der Waals surface area contributed by atoms with Gasteiger partial charge in [0, 0.05) is 10.6 Å². The Hall–Kier alpha value is -4.45. The molecule has 0 aliphatic carbocycles. The number of H-pyrrole nitrogens is 2. The molecule has 0 atom stereocenters. The summed E-state index contributed by atoms with van der Waals surface area (Å²) in [4.78, 5) is 21.7. The van der Waals surface area contributed by atoms with E-state index in [-0.39, 0.29) is 5.76 Å². The maximum atomic E-state index is 11.6. The van der Waals surface area contributed by atoms with Gasteiger partial charge in [-0.2, -0.15) is 9.97 Å². The van der Waals surface area contributed by atoms with E-state index < -0.39 is 5.97 Å². The third-order valence-electron chi connectivity index (χ3n) is 6.10. The zero-order chi connectivity index (χ0) is 33.7. The lowest BCUT2D eigenvalue weighted by Crippen LogP contribution is -2.02. The number of furan rings is 1. The number of aromatic amines is 2. The summed E-state index contributed by atoms with van der Waals surface area (Å²) in [5.74, 6) is 4.27. The molecular weight excluding hydrogens is 740 g/mol. The molecule has 17 heteroatoms. The molecule has 48 heavy (non-hydrogen) atoms. The van der Waals surface area contributed by atoms with Crippen LogP contribution in [0.1, 0.15) is 28.1 Å². The summed E-state index contributed by atoms with van der Waals surface area (Å²) in [6.07, 6.45) is 0. The van der Waals surface area contributed by atoms with Crippen LogP contribution >= 0.6 is 50.8 Å². The zero-order valence-electron chi connectivity index (χ0n) is 26.0. The molecular formula is C31H31BrN8O5S3. The zero-order valence-corrected chi connectivity index (χ0v) is 30.0. The van der Waals surface area contributed by atoms with Crippen molar-refractivity contribution in [2.45, 2.75) is 28.7 Å². The Labute approximate surface area is 297 Å². The highest BCUT2D eigenvalue weighted by molar-refractivity contribution is 9.11. The first-order valence-electron chi connectivity index (χ1n) is 14.3. The summed E-state index contributed by atoms with van der Waals surface area (Å²) in [6, 6.07) is 22.7. The molecule has 6 rings (SSSR count). The first-order chi connectivity index (χ1) is 23.4. The van der Waals surface area contributed by atoms with Gasteiger partial charge in [0.05, 0.1) is 41.7 Å². The lowest BCUT2D eigenvalue weighted by molar-refractivity contribution is 0.0488. The molecule has 0 aliphatic heterocycles. The van der Waals surface area contributed by atoms with Crippen molar-refractivity contribution in [3.8, 4) is 11.5 Å². The van der Waals surface area contributed by atoms with Crippen molar-refractivity contribution in [2.75, 3.05) is 31.5 Å². The largest absolute Gasteiger partial charge is 0.495 e. The van der Waals surface area contributed by atoms with E-state index >= 15 is 0 Å². The number of para-hydroxylation sites is 4. The minimum atomic E-state index is -0.468. The highest BCUT2D eigenvalue weighted by Crippen LogP contribution is 2.30. The van der Waals surface area contributed by atoms with E-state index in [1.165, 1.54) is 16.6 Å². The van der Waals surface area contributed by atoms with Gasteiger partial charge < -0.3 is 29.3 Å². The van der Waals surface area contributed by atoms with Gasteiger partial charge in [0.25, 0.3) is 0 Å². The van der Waals surface area contributed by atoms with Crippen molar-refractivity contribution in [3.05, 3.63) is 93.0 Å². The van der Waals surface area contributed by atoms with Gasteiger partial charge in [-0.15, -0.1) is 21.5 Å². The SMILES string of the molecule is CCOC(=O)c1ccc(CSc2n[nH]c(Nc3ccccc3OC)n2)o1.COc1ccccc1Nc1nc(SCc2ccc(Br)s2)n[nH]1. The quantitative estimate of drug-likeness (QED) is 0.0618. The molecule has 6 aromatic rings. The molecule has 4 aromatic heterocycles. The van der Waals surface area contributed by atoms with Crippen molar-refractivity contribution in [1.29, 1.82) is 0 Å². The first-order valence-corrected chi connectivity index (χ1v) is 17.9. The average molecular weight is 772 g/mol. The predicted octanol–water partition coefficient (Wildman–Crippen LogP) is 8.29. The van der Waals surface area contributed by atoms with E-state index in [1.807, 2.05) is 54.6 Å². The number of benzene rings is 2. The molecule has 0 spiro atoms. The number of carbonyl (C=O) groups is 1. The Morgan fingerprint density at radius 1 is 0.833 bits per heavy atom. The summed E-state index contributed by atoms with van der Waals surface area (Å²) < 4.78 is 22.1. The Morgan fingerprint density at radius 2 is 1.42 bits per heavy atom. The number of methoxy groups -OCH3 is 2. The fraction of sp³-hybridized carbons (Fsp3) is 0.194. The molecule has 13 nitrogen and oxygen atoms in total. The van der Waals surface area contributed by atoms with Crippen LogP contribution in [0, 0.1) is 0 Å². The van der Waals surface area contributed by atoms with Crippen LogP contribution in [0.15, 0.2) is 91.3 Å². The van der Waals surface area contributed by atoms with Gasteiger partial charge in [0.15, 0.2) is 0 Å². The summed E-state index contributed by atoms with van der Waals surface area (Å²) in [5.41, 5.74) is 1.63. The molecule has 0 unspecified atom stereocenters. The fourth-order valence-corrected chi connectivity index (χ4v) is 6.97. The Bertz CT molecular complexity index is 1910. The number of nitrogens with one attached hydrogen (secondary N) is 4. The maximum Gasteiger partial charge on any atom is 0.374 e. The van der Waals surface area contributed by atoms with Crippen LogP contribution in [0.25, 0.3) is 0 Å². The van der Waals surface area contributed by atoms with E-state index in [1.54, 1.807) is 56.4 Å². The van der Waals surface area contributed by atoms with Gasteiger partial charge in [0.2, 0.25) is 28.0 Å². The van der Waals surface area contributed by atoms with Crippen LogP contribution in [-0.2, 0) is 16.2 Å². The van der Waals surface area contributed by atoms with Crippen LogP contribution in [-0.4, -0.2) is 57.2 Å². The number of ether oxygens (including phenoxy) is 3. The molecule has 4 heterocycles. The van der Waals surface area contributed by atoms with Crippen LogP contribution in [0.4, 0.5) is 23.3 Å². The van der Waals surface area contributed by atoms with Crippen LogP contribution in [0.2, 0.25) is 0 Å². The Kier molecular flexibility index (Phi) is 12.8. The third-order valence-corrected chi connectivity index (χ3v) is 9.68. The van der Waals surface area contributed by atoms with Crippen LogP contribution in [0.3, 0.4) is 0 Å². The first kappa shape index (κ1) is 34.9. The van der Waals surface area contributed by atoms with Crippen molar-refractivity contribution < 1.29 is 23.4 Å². The maximum absolute atomic E-state index is 11.6. The number of halogens is 1. The van der Waals surface area contributed by atoms with E-state index in [9.17, 15) is 4.79 Å². The number of thiophene rings is 1. The van der Waals surface area contributed by atoms with Gasteiger partial charge in [-0.1, -0.05) is 47.8 Å². The highest BCUT2D eigenvalue weighted by atomic mass is 79.9. The number of nitrogens with zero attached hydrogens (tertiary/aromatic N) is 4. The average Bonchev–Trinajstić information content (AvgIpc) is 3.93. The highest BCUT2D eigenvalue weighted by Gasteiger charge is 2.14. The van der Waals surface area contributed by atoms with E-state index in [2.05, 4.69) is 63.0 Å². The summed E-state index contributed by atoms with van der Waals surface area (Å²) in [6.45, 7) is 2.06. The second-order valence-electron chi connectivity index (χ2n) is 9.35. The van der Waals surface area contributed by atoms with Gasteiger partial charge in [-0.3, -0.25) is 0 Å². The Balaban J connectivity index is 0.000000190. The third kappa shape index (κ3) is 10.0. The minimum Gasteiger partial charge on any atom is -0.495 e. The monoisotopic (exact) mass is 770 g/mol. The summed E-state index contributed by atoms with van der Waals surface area (Å²) >= 11 is 8.16. The van der Waals surface area contributed by atoms with Crippen LogP contribution in [0.5, 0.6) is 11.5 Å². The number of hydrogen-bond donors (Lipinski definition) is 4. The molecule has 250 valence electrons. The second kappa shape index (κ2) is 17.6. The number of anilines is 4. The predicted molar refractivity (Wildman–Crippen MR) is 191 cm³/mol. The van der Waals surface area contributed by atoms with Gasteiger partial charge >= 0.3 is 5.97 Å². The van der Waals surface area contributed by atoms with E-state index in [4.69, 9.17) is 18.6 Å². The molecule has 0 amide bonds. The van der Waals surface area contributed by atoms with Gasteiger partial charge in [-0.05, 0) is 71.4 Å². The molecule has 0 radical (unpaired) electrons. The molecule has 0 saturated carbocycles. The number of rotatable bonds is 14. The standard InChI is InChI=1S/C17H18N4O4S.C14H13BrN4OS2/c1-3-24-15(22)14-9-8-11(25-14)10-26-17-19-16(20-21-17)18-12-6-4-5-7-13(12)23-2;1-20-11-5-3-2-4-10(11)16-13-17-14(19-18-13)21-8-9-6-7-12(15)22-9/h4-9H,3,10H2,1-2H3,(H2,18,19,20,21);2-7H,8H2,1H3,(H2,16,17,18,19). The molecule has 0 bridgehead atoms. The molecule has 2 aromatic carbocycles. The molecule has 4 N–H and O–H groups in total. The van der Waals surface area contributed by atoms with Gasteiger partial charge in [-0.25, -0.2) is 15.0 Å². The number of carbonyl (C=O) groups excluding carboxylic acids is 1. The van der Waals surface area contributed by atoms with Crippen molar-refractivity contribution >= 4 is 80.0 Å². The fourth-order valence-electron chi connectivity index (χ4n) is 3.95. The minimum absolute atomic E-state index is 0.191. The number of aromatic nitrogens is 6. The molecule has 0 saturated heterocycles. The Morgan fingerprint density at radius 3 is 1.96 bits per heavy atom. The topological polar surface area (TPSA) is 165 Å². The van der Waals surface area contributed by atoms with Crippen LogP contribution < -0.4 is 20.1 Å². The van der Waals surface area contributed by atoms with E-state index in [0.29, 0.717) is 46.1 Å². The van der Waals surface area contributed by atoms with Gasteiger partial charge in [0.1, 0.15) is 17.3 Å². The van der Waals surface area contributed by atoms with Crippen molar-refractivity contribution in [2.24, 2.45) is 0 Å². The summed E-state index contributed by atoms with van der Waals surface area (Å²) in [5, 5.41) is 21.6. The van der Waals surface area contributed by atoms with E-state index in [0.717, 1.165) is 26.7 Å². The lowest BCUT2D eigenvalue weighted by atomic mass is 10.3. The summed E-state index contributed by atoms with van der Waals surface area (Å²) in [7, 11) is 3.25. The molecule has 0 fully saturated rings. The lowest BCUT2D eigenvalue weighted by Gasteiger charge is -2.07. The second-order valence-corrected chi connectivity index (χ2v) is 13.8. The number of esters is 1. The normalized spacial score (nSPS) is 10.6. The number of hydrogen-bond acceptors (Lipinski definition) is 14. The van der Waals surface area contributed by atoms with Crippen molar-refractivity contribution in [1.82, 2.24) is 30.4 Å².